The van der Waals surface area contributed by atoms with Crippen molar-refractivity contribution in [1.29, 1.82) is 0 Å². The molecule has 19 heavy (non-hydrogen) atoms. The number of para-hydroxylation sites is 1. The minimum absolute atomic E-state index is 0.815. The van der Waals surface area contributed by atoms with Crippen molar-refractivity contribution in [3.05, 3.63) is 60.2 Å². The van der Waals surface area contributed by atoms with Crippen LogP contribution in [0.1, 0.15) is 5.56 Å². The summed E-state index contributed by atoms with van der Waals surface area (Å²) in [7, 11) is 1.68. The van der Waals surface area contributed by atoms with E-state index < -0.39 is 0 Å². The molecule has 2 aromatic carbocycles. The summed E-state index contributed by atoms with van der Waals surface area (Å²) in [6.07, 6.45) is 0. The Labute approximate surface area is 112 Å². The zero-order chi connectivity index (χ0) is 13.2. The maximum absolute atomic E-state index is 5.40. The van der Waals surface area contributed by atoms with Crippen molar-refractivity contribution < 1.29 is 4.74 Å². The van der Waals surface area contributed by atoms with Gasteiger partial charge < -0.3 is 4.74 Å². The summed E-state index contributed by atoms with van der Waals surface area (Å²) in [5.74, 6) is 0.815. The van der Waals surface area contributed by atoms with Gasteiger partial charge >= 0.3 is 0 Å². The molecule has 1 aromatic heterocycles. The van der Waals surface area contributed by atoms with Crippen LogP contribution in [-0.2, 0) is 0 Å². The van der Waals surface area contributed by atoms with E-state index in [2.05, 4.69) is 31.2 Å². The van der Waals surface area contributed by atoms with E-state index in [-0.39, 0.29) is 0 Å². The number of methoxy groups -OCH3 is 1. The van der Waals surface area contributed by atoms with Crippen molar-refractivity contribution in [3.8, 4) is 17.0 Å². The van der Waals surface area contributed by atoms with E-state index in [0.717, 1.165) is 27.9 Å². The fourth-order valence-electron chi connectivity index (χ4n) is 2.33. The fraction of sp³-hybridized carbons (Fsp3) is 0.118. The topological polar surface area (TPSA) is 22.1 Å². The smallest absolute Gasteiger partial charge is 0.145 e. The summed E-state index contributed by atoms with van der Waals surface area (Å²) < 4.78 is 5.40. The Morgan fingerprint density at radius 1 is 0.947 bits per heavy atom. The Hall–Kier alpha value is -2.35. The van der Waals surface area contributed by atoms with Gasteiger partial charge in [-0.05, 0) is 24.6 Å². The van der Waals surface area contributed by atoms with Gasteiger partial charge in [0, 0.05) is 10.9 Å². The number of fused-ring (bicyclic) bond motifs is 1. The number of ether oxygens (including phenoxy) is 1. The summed E-state index contributed by atoms with van der Waals surface area (Å²) in [6.45, 7) is 2.09. The van der Waals surface area contributed by atoms with Crippen LogP contribution in [0.2, 0.25) is 0 Å². The van der Waals surface area contributed by atoms with Crippen LogP contribution in [0.5, 0.6) is 5.75 Å². The van der Waals surface area contributed by atoms with Crippen molar-refractivity contribution in [3.63, 3.8) is 0 Å². The molecule has 0 N–H and O–H groups in total. The van der Waals surface area contributed by atoms with Gasteiger partial charge in [0.2, 0.25) is 0 Å². The highest BCUT2D eigenvalue weighted by Gasteiger charge is 2.08. The normalized spacial score (nSPS) is 10.6. The molecule has 0 bridgehead atoms. The first kappa shape index (κ1) is 11.7. The Morgan fingerprint density at radius 3 is 2.47 bits per heavy atom. The molecule has 0 saturated carbocycles. The van der Waals surface area contributed by atoms with E-state index >= 15 is 0 Å². The number of pyridine rings is 1. The SMILES string of the molecule is COc1cccc2cc(C)c(-c3ccccc3)nc12. The summed E-state index contributed by atoms with van der Waals surface area (Å²) in [5.41, 5.74) is 4.23. The summed E-state index contributed by atoms with van der Waals surface area (Å²) in [4.78, 5) is 4.79. The van der Waals surface area contributed by atoms with Crippen LogP contribution in [0.3, 0.4) is 0 Å². The van der Waals surface area contributed by atoms with Gasteiger partial charge in [-0.1, -0.05) is 42.5 Å². The van der Waals surface area contributed by atoms with Crippen LogP contribution in [0.25, 0.3) is 22.2 Å². The second kappa shape index (κ2) is 4.73. The number of hydrogen-bond donors (Lipinski definition) is 0. The van der Waals surface area contributed by atoms with Crippen molar-refractivity contribution in [1.82, 2.24) is 4.98 Å². The lowest BCUT2D eigenvalue weighted by Gasteiger charge is -2.10. The summed E-state index contributed by atoms with van der Waals surface area (Å²) in [5, 5.41) is 1.11. The highest BCUT2D eigenvalue weighted by Crippen LogP contribution is 2.29. The quantitative estimate of drug-likeness (QED) is 0.678. The molecule has 0 unspecified atom stereocenters. The van der Waals surface area contributed by atoms with Crippen LogP contribution >= 0.6 is 0 Å². The van der Waals surface area contributed by atoms with Gasteiger partial charge in [0.25, 0.3) is 0 Å². The maximum Gasteiger partial charge on any atom is 0.145 e. The molecule has 0 aliphatic rings. The lowest BCUT2D eigenvalue weighted by molar-refractivity contribution is 0.419. The molecule has 0 radical (unpaired) electrons. The van der Waals surface area contributed by atoms with Gasteiger partial charge in [-0.25, -0.2) is 4.98 Å². The second-order valence-corrected chi connectivity index (χ2v) is 4.55. The van der Waals surface area contributed by atoms with Gasteiger partial charge in [-0.2, -0.15) is 0 Å². The van der Waals surface area contributed by atoms with Crippen molar-refractivity contribution in [2.24, 2.45) is 0 Å². The molecule has 0 aliphatic heterocycles. The average molecular weight is 249 g/mol. The Bertz CT molecular complexity index is 720. The number of benzene rings is 2. The molecular formula is C17H15NO. The average Bonchev–Trinajstić information content (AvgIpc) is 2.46. The molecule has 0 aliphatic carbocycles. The number of aryl methyl sites for hydroxylation is 1. The van der Waals surface area contributed by atoms with E-state index in [4.69, 9.17) is 9.72 Å². The lowest BCUT2D eigenvalue weighted by atomic mass is 10.0. The molecule has 0 saturated heterocycles. The molecule has 3 aromatic rings. The second-order valence-electron chi connectivity index (χ2n) is 4.55. The number of aromatic nitrogens is 1. The molecule has 3 rings (SSSR count). The molecule has 2 nitrogen and oxygen atoms in total. The van der Waals surface area contributed by atoms with Gasteiger partial charge in [0.05, 0.1) is 12.8 Å². The highest BCUT2D eigenvalue weighted by atomic mass is 16.5. The maximum atomic E-state index is 5.40. The molecule has 0 atom stereocenters. The van der Waals surface area contributed by atoms with E-state index in [9.17, 15) is 0 Å². The predicted octanol–water partition coefficient (Wildman–Crippen LogP) is 4.22. The number of rotatable bonds is 2. The number of nitrogens with zero attached hydrogens (tertiary/aromatic N) is 1. The number of hydrogen-bond acceptors (Lipinski definition) is 2. The molecule has 0 spiro atoms. The first-order chi connectivity index (χ1) is 9.29. The highest BCUT2D eigenvalue weighted by molar-refractivity contribution is 5.88. The third kappa shape index (κ3) is 2.06. The van der Waals surface area contributed by atoms with Crippen molar-refractivity contribution in [2.45, 2.75) is 6.92 Å². The third-order valence-electron chi connectivity index (χ3n) is 3.27. The first-order valence-corrected chi connectivity index (χ1v) is 6.29. The zero-order valence-electron chi connectivity index (χ0n) is 11.1. The minimum atomic E-state index is 0.815. The minimum Gasteiger partial charge on any atom is -0.494 e. The molecular weight excluding hydrogens is 234 g/mol. The van der Waals surface area contributed by atoms with Crippen LogP contribution < -0.4 is 4.74 Å². The lowest BCUT2D eigenvalue weighted by Crippen LogP contribution is -1.93. The Kier molecular flexibility index (Phi) is 2.92. The molecule has 1 heterocycles. The molecule has 2 heteroatoms. The largest absolute Gasteiger partial charge is 0.494 e. The summed E-state index contributed by atoms with van der Waals surface area (Å²) >= 11 is 0. The summed E-state index contributed by atoms with van der Waals surface area (Å²) in [6, 6.07) is 18.4. The van der Waals surface area contributed by atoms with Crippen LogP contribution in [0, 0.1) is 6.92 Å². The van der Waals surface area contributed by atoms with Gasteiger partial charge in [0.15, 0.2) is 0 Å². The van der Waals surface area contributed by atoms with Gasteiger partial charge in [-0.3, -0.25) is 0 Å². The third-order valence-corrected chi connectivity index (χ3v) is 3.27. The molecule has 0 amide bonds. The monoisotopic (exact) mass is 249 g/mol. The Morgan fingerprint density at radius 2 is 1.74 bits per heavy atom. The first-order valence-electron chi connectivity index (χ1n) is 6.29. The van der Waals surface area contributed by atoms with Crippen LogP contribution in [-0.4, -0.2) is 12.1 Å². The van der Waals surface area contributed by atoms with E-state index in [1.165, 1.54) is 5.56 Å². The van der Waals surface area contributed by atoms with Gasteiger partial charge in [0.1, 0.15) is 11.3 Å². The Balaban J connectivity index is 2.29. The predicted molar refractivity (Wildman–Crippen MR) is 78.5 cm³/mol. The van der Waals surface area contributed by atoms with E-state index in [1.807, 2.05) is 30.3 Å². The van der Waals surface area contributed by atoms with Crippen LogP contribution in [0.15, 0.2) is 54.6 Å². The molecule has 94 valence electrons. The van der Waals surface area contributed by atoms with Crippen molar-refractivity contribution in [2.75, 3.05) is 7.11 Å². The van der Waals surface area contributed by atoms with E-state index in [1.54, 1.807) is 7.11 Å². The molecule has 0 fully saturated rings. The van der Waals surface area contributed by atoms with Crippen molar-refractivity contribution >= 4 is 10.9 Å². The van der Waals surface area contributed by atoms with Crippen LogP contribution in [0.4, 0.5) is 0 Å². The zero-order valence-corrected chi connectivity index (χ0v) is 11.1. The van der Waals surface area contributed by atoms with Gasteiger partial charge in [-0.15, -0.1) is 0 Å². The van der Waals surface area contributed by atoms with E-state index in [0.29, 0.717) is 0 Å². The standard InChI is InChI=1S/C17H15NO/c1-12-11-14-9-6-10-15(19-2)17(14)18-16(12)13-7-4-3-5-8-13/h3-11H,1-2H3. The fourth-order valence-corrected chi connectivity index (χ4v) is 2.33.